The first-order valence-corrected chi connectivity index (χ1v) is 9.37. The number of alkyl halides is 3. The van der Waals surface area contributed by atoms with Crippen LogP contribution in [0.3, 0.4) is 0 Å². The van der Waals surface area contributed by atoms with Crippen LogP contribution in [0.5, 0.6) is 0 Å². The van der Waals surface area contributed by atoms with Gasteiger partial charge in [-0.3, -0.25) is 14.7 Å². The molecule has 154 valence electrons. The Labute approximate surface area is 161 Å². The Morgan fingerprint density at radius 1 is 1.29 bits per heavy atom. The Balaban J connectivity index is 1.89. The monoisotopic (exact) mass is 398 g/mol. The standard InChI is InChI=1S/C19H25F3N4O2/c1-11(10-28-18(2,3)4)16(27)25-17-23-13-8-9-14(19(20,21)22)24-15(13)26(17)12-6-5-7-12/h8-9,11-12H,5-7,10H2,1-4H3,(H,23,25,27). The van der Waals surface area contributed by atoms with Crippen molar-refractivity contribution in [3.8, 4) is 0 Å². The van der Waals surface area contributed by atoms with Crippen molar-refractivity contribution in [3.05, 3.63) is 17.8 Å². The van der Waals surface area contributed by atoms with Gasteiger partial charge < -0.3 is 4.74 Å². The highest BCUT2D eigenvalue weighted by Gasteiger charge is 2.34. The lowest BCUT2D eigenvalue weighted by Crippen LogP contribution is -2.30. The van der Waals surface area contributed by atoms with Crippen LogP contribution in [0.1, 0.15) is 58.7 Å². The molecule has 1 fully saturated rings. The van der Waals surface area contributed by atoms with Gasteiger partial charge in [0.2, 0.25) is 11.9 Å². The minimum Gasteiger partial charge on any atom is -0.375 e. The summed E-state index contributed by atoms with van der Waals surface area (Å²) in [5, 5.41) is 2.75. The molecule has 2 aromatic rings. The van der Waals surface area contributed by atoms with Gasteiger partial charge in [-0.2, -0.15) is 13.2 Å². The third-order valence-electron chi connectivity index (χ3n) is 4.72. The Hall–Kier alpha value is -2.16. The van der Waals surface area contributed by atoms with E-state index in [2.05, 4.69) is 15.3 Å². The number of hydrogen-bond donors (Lipinski definition) is 1. The quantitative estimate of drug-likeness (QED) is 0.801. The molecule has 1 unspecified atom stereocenters. The zero-order valence-electron chi connectivity index (χ0n) is 16.4. The van der Waals surface area contributed by atoms with Gasteiger partial charge in [0.1, 0.15) is 11.2 Å². The fourth-order valence-corrected chi connectivity index (χ4v) is 2.89. The maximum atomic E-state index is 13.1. The number of pyridine rings is 1. The van der Waals surface area contributed by atoms with Crippen LogP contribution < -0.4 is 5.32 Å². The number of halogens is 3. The summed E-state index contributed by atoms with van der Waals surface area (Å²) >= 11 is 0. The largest absolute Gasteiger partial charge is 0.433 e. The zero-order chi connectivity index (χ0) is 20.7. The number of anilines is 1. The molecule has 3 rings (SSSR count). The number of nitrogens with one attached hydrogen (secondary N) is 1. The summed E-state index contributed by atoms with van der Waals surface area (Å²) < 4.78 is 46.5. The number of fused-ring (bicyclic) bond motifs is 1. The van der Waals surface area contributed by atoms with Gasteiger partial charge in [-0.15, -0.1) is 0 Å². The smallest absolute Gasteiger partial charge is 0.375 e. The van der Waals surface area contributed by atoms with Gasteiger partial charge in [0.15, 0.2) is 5.65 Å². The van der Waals surface area contributed by atoms with Crippen molar-refractivity contribution in [1.82, 2.24) is 14.5 Å². The Morgan fingerprint density at radius 3 is 2.50 bits per heavy atom. The van der Waals surface area contributed by atoms with Crippen LogP contribution in [0.15, 0.2) is 12.1 Å². The van der Waals surface area contributed by atoms with Gasteiger partial charge >= 0.3 is 6.18 Å². The van der Waals surface area contributed by atoms with Crippen LogP contribution in [0.25, 0.3) is 11.2 Å². The molecule has 0 aromatic carbocycles. The van der Waals surface area contributed by atoms with Crippen molar-refractivity contribution in [2.24, 2.45) is 5.92 Å². The van der Waals surface area contributed by atoms with Gasteiger partial charge in [0.25, 0.3) is 0 Å². The van der Waals surface area contributed by atoms with E-state index in [4.69, 9.17) is 4.74 Å². The number of ether oxygens (including phenoxy) is 1. The highest BCUT2D eigenvalue weighted by Crippen LogP contribution is 2.38. The molecule has 1 atom stereocenters. The van der Waals surface area contributed by atoms with Crippen LogP contribution in [-0.4, -0.2) is 32.7 Å². The topological polar surface area (TPSA) is 69.0 Å². The highest BCUT2D eigenvalue weighted by atomic mass is 19.4. The summed E-state index contributed by atoms with van der Waals surface area (Å²) in [7, 11) is 0. The molecular weight excluding hydrogens is 373 g/mol. The van der Waals surface area contributed by atoms with Crippen LogP contribution in [0, 0.1) is 5.92 Å². The van der Waals surface area contributed by atoms with E-state index in [1.54, 1.807) is 11.5 Å². The van der Waals surface area contributed by atoms with E-state index < -0.39 is 17.8 Å². The molecule has 0 saturated heterocycles. The molecule has 1 saturated carbocycles. The van der Waals surface area contributed by atoms with E-state index in [0.29, 0.717) is 5.52 Å². The number of carbonyl (C=O) groups excluding carboxylic acids is 1. The van der Waals surface area contributed by atoms with E-state index in [1.165, 1.54) is 6.07 Å². The minimum absolute atomic E-state index is 0.0163. The molecule has 1 N–H and O–H groups in total. The maximum absolute atomic E-state index is 13.1. The Bertz CT molecular complexity index is 866. The fraction of sp³-hybridized carbons (Fsp3) is 0.632. The minimum atomic E-state index is -4.54. The predicted octanol–water partition coefficient (Wildman–Crippen LogP) is 4.56. The van der Waals surface area contributed by atoms with E-state index in [1.807, 2.05) is 20.8 Å². The molecule has 28 heavy (non-hydrogen) atoms. The fourth-order valence-electron chi connectivity index (χ4n) is 2.89. The second-order valence-corrected chi connectivity index (χ2v) is 8.24. The normalized spacial score (nSPS) is 16.8. The second kappa shape index (κ2) is 7.35. The van der Waals surface area contributed by atoms with E-state index in [-0.39, 0.29) is 35.8 Å². The van der Waals surface area contributed by atoms with Crippen molar-refractivity contribution in [2.45, 2.75) is 64.8 Å². The number of aromatic nitrogens is 3. The summed E-state index contributed by atoms with van der Waals surface area (Å²) in [5.74, 6) is -0.497. The zero-order valence-corrected chi connectivity index (χ0v) is 16.4. The molecule has 2 aromatic heterocycles. The molecule has 1 aliphatic carbocycles. The maximum Gasteiger partial charge on any atom is 0.433 e. The van der Waals surface area contributed by atoms with Crippen molar-refractivity contribution in [2.75, 3.05) is 11.9 Å². The van der Waals surface area contributed by atoms with Gasteiger partial charge in [-0.1, -0.05) is 6.92 Å². The van der Waals surface area contributed by atoms with Crippen LogP contribution >= 0.6 is 0 Å². The lowest BCUT2D eigenvalue weighted by atomic mass is 9.93. The number of hydrogen-bond acceptors (Lipinski definition) is 4. The van der Waals surface area contributed by atoms with Crippen LogP contribution in [0.4, 0.5) is 19.1 Å². The van der Waals surface area contributed by atoms with Crippen molar-refractivity contribution >= 4 is 23.0 Å². The SMILES string of the molecule is CC(COC(C)(C)C)C(=O)Nc1nc2ccc(C(F)(F)F)nc2n1C1CCC1. The number of nitrogens with zero attached hydrogens (tertiary/aromatic N) is 3. The second-order valence-electron chi connectivity index (χ2n) is 8.24. The van der Waals surface area contributed by atoms with E-state index in [0.717, 1.165) is 25.3 Å². The lowest BCUT2D eigenvalue weighted by molar-refractivity contribution is -0.141. The highest BCUT2D eigenvalue weighted by molar-refractivity contribution is 5.92. The van der Waals surface area contributed by atoms with Crippen LogP contribution in [-0.2, 0) is 15.7 Å². The predicted molar refractivity (Wildman–Crippen MR) is 98.9 cm³/mol. The summed E-state index contributed by atoms with van der Waals surface area (Å²) in [4.78, 5) is 20.7. The van der Waals surface area contributed by atoms with Gasteiger partial charge in [-0.05, 0) is 52.2 Å². The molecule has 0 bridgehead atoms. The lowest BCUT2D eigenvalue weighted by Gasteiger charge is -2.29. The van der Waals surface area contributed by atoms with Crippen molar-refractivity contribution < 1.29 is 22.7 Å². The summed E-state index contributed by atoms with van der Waals surface area (Å²) in [5.41, 5.74) is -0.863. The van der Waals surface area contributed by atoms with Gasteiger partial charge in [0.05, 0.1) is 18.1 Å². The molecular formula is C19H25F3N4O2. The molecule has 6 nitrogen and oxygen atoms in total. The summed E-state index contributed by atoms with van der Waals surface area (Å²) in [6.07, 6.45) is -1.93. The first-order chi connectivity index (χ1) is 13.0. The number of imidazole rings is 1. The molecule has 2 heterocycles. The van der Waals surface area contributed by atoms with Crippen molar-refractivity contribution in [1.29, 1.82) is 0 Å². The third-order valence-corrected chi connectivity index (χ3v) is 4.72. The molecule has 9 heteroatoms. The van der Waals surface area contributed by atoms with Crippen LogP contribution in [0.2, 0.25) is 0 Å². The molecule has 0 spiro atoms. The number of amides is 1. The average Bonchev–Trinajstić information content (AvgIpc) is 2.87. The Morgan fingerprint density at radius 2 is 1.96 bits per heavy atom. The molecule has 0 aliphatic heterocycles. The Kier molecular flexibility index (Phi) is 5.40. The van der Waals surface area contributed by atoms with E-state index >= 15 is 0 Å². The summed E-state index contributed by atoms with van der Waals surface area (Å²) in [6, 6.07) is 2.19. The third kappa shape index (κ3) is 4.45. The molecule has 0 radical (unpaired) electrons. The van der Waals surface area contributed by atoms with E-state index in [9.17, 15) is 18.0 Å². The summed E-state index contributed by atoms with van der Waals surface area (Å²) in [6.45, 7) is 7.67. The van der Waals surface area contributed by atoms with Gasteiger partial charge in [0, 0.05) is 6.04 Å². The molecule has 1 aliphatic rings. The first-order valence-electron chi connectivity index (χ1n) is 9.37. The number of rotatable bonds is 5. The molecule has 1 amide bonds. The average molecular weight is 398 g/mol. The van der Waals surface area contributed by atoms with Gasteiger partial charge in [-0.25, -0.2) is 9.97 Å². The number of carbonyl (C=O) groups is 1. The van der Waals surface area contributed by atoms with Crippen molar-refractivity contribution in [3.63, 3.8) is 0 Å². The first kappa shape index (κ1) is 20.6.